The minimum atomic E-state index is -5.19. The summed E-state index contributed by atoms with van der Waals surface area (Å²) in [4.78, 5) is 16.5. The van der Waals surface area contributed by atoms with Crippen molar-refractivity contribution in [3.05, 3.63) is 47.5 Å². The second-order valence-electron chi connectivity index (χ2n) is 7.62. The lowest BCUT2D eigenvalue weighted by atomic mass is 9.81. The maximum Gasteiger partial charge on any atom is 0.428 e. The van der Waals surface area contributed by atoms with Crippen LogP contribution in [0, 0.1) is 0 Å². The predicted octanol–water partition coefficient (Wildman–Crippen LogP) is 4.21. The van der Waals surface area contributed by atoms with Crippen LogP contribution in [0.25, 0.3) is 10.8 Å². The molecule has 0 amide bonds. The number of nitrogens with zero attached hydrogens (tertiary/aromatic N) is 1. The van der Waals surface area contributed by atoms with Gasteiger partial charge in [-0.1, -0.05) is 36.4 Å². The average Bonchev–Trinajstić information content (AvgIpc) is 2.59. The molecule has 0 fully saturated rings. The minimum absolute atomic E-state index is 0.0462. The van der Waals surface area contributed by atoms with Crippen LogP contribution in [0.15, 0.2) is 41.4 Å². The molecular weight excluding hydrogens is 371 g/mol. The number of halogens is 3. The van der Waals surface area contributed by atoms with Crippen molar-refractivity contribution >= 4 is 22.5 Å². The molecule has 3 rings (SSSR count). The van der Waals surface area contributed by atoms with Crippen LogP contribution < -0.4 is 0 Å². The highest BCUT2D eigenvalue weighted by atomic mass is 19.4. The average molecular weight is 393 g/mol. The van der Waals surface area contributed by atoms with Crippen LogP contribution in [0.4, 0.5) is 13.2 Å². The summed E-state index contributed by atoms with van der Waals surface area (Å²) in [5.41, 5.74) is -2.90. The number of carbonyl (C=O) groups excluding carboxylic acids is 1. The van der Waals surface area contributed by atoms with Crippen LogP contribution in [0.2, 0.25) is 0 Å². The number of aliphatic imine (C=N–C) groups is 1. The number of ether oxygens (including phenoxy) is 1. The molecule has 0 bridgehead atoms. The van der Waals surface area contributed by atoms with E-state index >= 15 is 0 Å². The van der Waals surface area contributed by atoms with Gasteiger partial charge in [0.05, 0.1) is 12.1 Å². The Hall–Kier alpha value is -2.41. The summed E-state index contributed by atoms with van der Waals surface area (Å²) in [6.45, 7) is 4.75. The number of hydrogen-bond donors (Lipinski definition) is 1. The molecule has 0 aromatic heterocycles. The van der Waals surface area contributed by atoms with Gasteiger partial charge in [0.1, 0.15) is 0 Å². The van der Waals surface area contributed by atoms with Gasteiger partial charge in [0.2, 0.25) is 0 Å². The number of hydrogen-bond acceptors (Lipinski definition) is 4. The zero-order valence-corrected chi connectivity index (χ0v) is 15.9. The molecule has 1 unspecified atom stereocenters. The zero-order chi connectivity index (χ0) is 20.7. The van der Waals surface area contributed by atoms with Crippen molar-refractivity contribution in [3.8, 4) is 0 Å². The van der Waals surface area contributed by atoms with Gasteiger partial charge in [-0.3, -0.25) is 4.99 Å². The molecule has 7 heteroatoms. The van der Waals surface area contributed by atoms with Crippen molar-refractivity contribution in [3.63, 3.8) is 0 Å². The first-order valence-electron chi connectivity index (χ1n) is 9.04. The Morgan fingerprint density at radius 1 is 1.21 bits per heavy atom. The molecule has 0 spiro atoms. The van der Waals surface area contributed by atoms with Gasteiger partial charge in [-0.05, 0) is 49.1 Å². The number of rotatable bonds is 4. The molecule has 1 N–H and O–H groups in total. The van der Waals surface area contributed by atoms with Crippen molar-refractivity contribution in [1.29, 1.82) is 0 Å². The molecule has 1 aliphatic heterocycles. The molecule has 28 heavy (non-hydrogen) atoms. The first kappa shape index (κ1) is 20.3. The SMILES string of the molecule is CCOC(=O)C(O)(CC1=NC(C)(C)Cc2c1ccc1ccccc21)C(F)(F)F. The fraction of sp³-hybridized carbons (Fsp3) is 0.429. The standard InChI is InChI=1S/C21H22F3NO3/c1-4-28-18(26)20(27,21(22,23)24)12-17-15-10-9-13-7-5-6-8-14(13)16(15)11-19(2,3)25-17/h5-10,27H,4,11-12H2,1-3H3. The Morgan fingerprint density at radius 3 is 2.54 bits per heavy atom. The fourth-order valence-electron chi connectivity index (χ4n) is 3.61. The second-order valence-corrected chi connectivity index (χ2v) is 7.62. The van der Waals surface area contributed by atoms with Gasteiger partial charge in [0, 0.05) is 12.1 Å². The number of esters is 1. The molecule has 4 nitrogen and oxygen atoms in total. The molecule has 2 aromatic rings. The van der Waals surface area contributed by atoms with E-state index in [2.05, 4.69) is 9.73 Å². The maximum atomic E-state index is 13.6. The molecule has 150 valence electrons. The third-order valence-electron chi connectivity index (χ3n) is 4.90. The molecular formula is C21H22F3NO3. The quantitative estimate of drug-likeness (QED) is 0.792. The minimum Gasteiger partial charge on any atom is -0.464 e. The largest absolute Gasteiger partial charge is 0.464 e. The highest BCUT2D eigenvalue weighted by Crippen LogP contribution is 2.39. The van der Waals surface area contributed by atoms with E-state index in [9.17, 15) is 23.1 Å². The van der Waals surface area contributed by atoms with Gasteiger partial charge < -0.3 is 9.84 Å². The molecule has 1 atom stereocenters. The maximum absolute atomic E-state index is 13.6. The van der Waals surface area contributed by atoms with E-state index in [4.69, 9.17) is 0 Å². The fourth-order valence-corrected chi connectivity index (χ4v) is 3.61. The van der Waals surface area contributed by atoms with E-state index in [0.29, 0.717) is 12.0 Å². The molecule has 1 heterocycles. The van der Waals surface area contributed by atoms with E-state index in [1.807, 2.05) is 38.1 Å². The highest BCUT2D eigenvalue weighted by Gasteiger charge is 2.61. The summed E-state index contributed by atoms with van der Waals surface area (Å²) in [5, 5.41) is 12.2. The van der Waals surface area contributed by atoms with E-state index in [1.54, 1.807) is 12.1 Å². The normalized spacial score (nSPS) is 18.2. The lowest BCUT2D eigenvalue weighted by Gasteiger charge is -2.34. The van der Waals surface area contributed by atoms with Crippen molar-refractivity contribution in [2.24, 2.45) is 4.99 Å². The van der Waals surface area contributed by atoms with Crippen LogP contribution in [0.1, 0.15) is 38.3 Å². The zero-order valence-electron chi connectivity index (χ0n) is 15.9. The Bertz CT molecular complexity index is 950. The summed E-state index contributed by atoms with van der Waals surface area (Å²) < 4.78 is 45.5. The summed E-state index contributed by atoms with van der Waals surface area (Å²) in [6.07, 6.45) is -5.65. The van der Waals surface area contributed by atoms with Crippen molar-refractivity contribution in [1.82, 2.24) is 0 Å². The molecule has 2 aromatic carbocycles. The van der Waals surface area contributed by atoms with Crippen molar-refractivity contribution in [2.75, 3.05) is 6.61 Å². The number of aliphatic hydroxyl groups is 1. The molecule has 1 aliphatic rings. The Morgan fingerprint density at radius 2 is 1.89 bits per heavy atom. The lowest BCUT2D eigenvalue weighted by Crippen LogP contribution is -2.54. The van der Waals surface area contributed by atoms with Gasteiger partial charge >= 0.3 is 12.1 Å². The van der Waals surface area contributed by atoms with Crippen molar-refractivity contribution < 1.29 is 27.8 Å². The Kier molecular flexibility index (Phi) is 5.00. The first-order chi connectivity index (χ1) is 13.0. The van der Waals surface area contributed by atoms with Crippen LogP contribution >= 0.6 is 0 Å². The van der Waals surface area contributed by atoms with Gasteiger partial charge in [0.15, 0.2) is 0 Å². The number of alkyl halides is 3. The van der Waals surface area contributed by atoms with Crippen LogP contribution in [0.5, 0.6) is 0 Å². The summed E-state index contributed by atoms with van der Waals surface area (Å²) in [5.74, 6) is -1.71. The van der Waals surface area contributed by atoms with E-state index in [-0.39, 0.29) is 12.3 Å². The van der Waals surface area contributed by atoms with E-state index in [1.165, 1.54) is 6.92 Å². The Balaban J connectivity index is 2.14. The Labute approximate surface area is 161 Å². The van der Waals surface area contributed by atoms with E-state index < -0.39 is 29.7 Å². The van der Waals surface area contributed by atoms with Crippen LogP contribution in [-0.2, 0) is 16.0 Å². The van der Waals surface area contributed by atoms with Gasteiger partial charge in [-0.25, -0.2) is 4.79 Å². The topological polar surface area (TPSA) is 58.9 Å². The van der Waals surface area contributed by atoms with E-state index in [0.717, 1.165) is 16.3 Å². The predicted molar refractivity (Wildman–Crippen MR) is 101 cm³/mol. The third kappa shape index (κ3) is 3.51. The first-order valence-corrected chi connectivity index (χ1v) is 9.04. The molecule has 0 saturated heterocycles. The number of fused-ring (bicyclic) bond motifs is 3. The van der Waals surface area contributed by atoms with Gasteiger partial charge in [-0.2, -0.15) is 13.2 Å². The van der Waals surface area contributed by atoms with Crippen LogP contribution in [0.3, 0.4) is 0 Å². The van der Waals surface area contributed by atoms with Crippen molar-refractivity contribution in [2.45, 2.75) is 50.9 Å². The molecule has 0 aliphatic carbocycles. The van der Waals surface area contributed by atoms with Gasteiger partial charge in [0.25, 0.3) is 5.60 Å². The number of carbonyl (C=O) groups is 1. The summed E-state index contributed by atoms with van der Waals surface area (Å²) in [6, 6.07) is 11.1. The van der Waals surface area contributed by atoms with Gasteiger partial charge in [-0.15, -0.1) is 0 Å². The lowest BCUT2D eigenvalue weighted by molar-refractivity contribution is -0.260. The monoisotopic (exact) mass is 393 g/mol. The molecule has 0 radical (unpaired) electrons. The summed E-state index contributed by atoms with van der Waals surface area (Å²) in [7, 11) is 0. The number of benzene rings is 2. The highest BCUT2D eigenvalue weighted by molar-refractivity contribution is 6.09. The summed E-state index contributed by atoms with van der Waals surface area (Å²) >= 11 is 0. The second kappa shape index (κ2) is 6.88. The molecule has 0 saturated carbocycles. The smallest absolute Gasteiger partial charge is 0.428 e. The third-order valence-corrected chi connectivity index (χ3v) is 4.90. The van der Waals surface area contributed by atoms with Crippen LogP contribution in [-0.4, -0.2) is 40.7 Å².